The van der Waals surface area contributed by atoms with Crippen molar-refractivity contribution in [2.24, 2.45) is 4.99 Å². The summed E-state index contributed by atoms with van der Waals surface area (Å²) in [7, 11) is 0. The molecule has 3 rings (SSSR count). The SMILES string of the molecule is CC(=Nc1ccc(C)c(C)c1)C1=C(O)[C@@H](c2ccccc2)OC1=O. The molecule has 2 aromatic carbocycles. The molecule has 0 fully saturated rings. The zero-order valence-electron chi connectivity index (χ0n) is 13.9. The highest BCUT2D eigenvalue weighted by Gasteiger charge is 2.36. The molecular weight excluding hydrogens is 302 g/mol. The minimum Gasteiger partial charge on any atom is -0.507 e. The van der Waals surface area contributed by atoms with Gasteiger partial charge in [-0.1, -0.05) is 36.4 Å². The molecule has 2 aromatic rings. The van der Waals surface area contributed by atoms with E-state index in [1.165, 1.54) is 5.56 Å². The molecule has 0 saturated heterocycles. The molecule has 122 valence electrons. The number of carbonyl (C=O) groups is 1. The van der Waals surface area contributed by atoms with E-state index in [1.54, 1.807) is 6.92 Å². The van der Waals surface area contributed by atoms with Gasteiger partial charge in [0, 0.05) is 5.56 Å². The third-order valence-corrected chi connectivity index (χ3v) is 4.18. The van der Waals surface area contributed by atoms with Crippen LogP contribution in [0.4, 0.5) is 5.69 Å². The maximum atomic E-state index is 12.2. The topological polar surface area (TPSA) is 58.9 Å². The van der Waals surface area contributed by atoms with Crippen LogP contribution in [0.1, 0.15) is 29.7 Å². The van der Waals surface area contributed by atoms with E-state index in [-0.39, 0.29) is 11.3 Å². The number of aliphatic hydroxyl groups is 1. The number of nitrogens with zero attached hydrogens (tertiary/aromatic N) is 1. The van der Waals surface area contributed by atoms with Crippen LogP contribution in [-0.2, 0) is 9.53 Å². The van der Waals surface area contributed by atoms with E-state index in [0.717, 1.165) is 16.8 Å². The zero-order valence-corrected chi connectivity index (χ0v) is 13.9. The standard InChI is InChI=1S/C20H19NO3/c1-12-9-10-16(11-13(12)2)21-14(3)17-18(22)19(24-20(17)23)15-7-5-4-6-8-15/h4-11,19,22H,1-3H3/t19-/m1/s1. The van der Waals surface area contributed by atoms with Crippen molar-refractivity contribution in [3.05, 3.63) is 76.6 Å². The number of cyclic esters (lactones) is 1. The van der Waals surface area contributed by atoms with Crippen LogP contribution in [0.5, 0.6) is 0 Å². The van der Waals surface area contributed by atoms with E-state index in [9.17, 15) is 9.90 Å². The minimum atomic E-state index is -0.765. The van der Waals surface area contributed by atoms with Gasteiger partial charge < -0.3 is 9.84 Å². The van der Waals surface area contributed by atoms with Crippen LogP contribution in [0.25, 0.3) is 0 Å². The van der Waals surface area contributed by atoms with Crippen LogP contribution in [0.15, 0.2) is 64.9 Å². The summed E-state index contributed by atoms with van der Waals surface area (Å²) >= 11 is 0. The van der Waals surface area contributed by atoms with Gasteiger partial charge in [-0.25, -0.2) is 4.79 Å². The van der Waals surface area contributed by atoms with Crippen molar-refractivity contribution in [3.63, 3.8) is 0 Å². The first-order chi connectivity index (χ1) is 11.5. The number of carbonyl (C=O) groups excluding carboxylic acids is 1. The molecule has 1 aliphatic heterocycles. The van der Waals surface area contributed by atoms with Gasteiger partial charge in [0.05, 0.1) is 11.4 Å². The van der Waals surface area contributed by atoms with Crippen LogP contribution in [0.2, 0.25) is 0 Å². The number of hydrogen-bond acceptors (Lipinski definition) is 4. The molecule has 1 atom stereocenters. The maximum Gasteiger partial charge on any atom is 0.344 e. The van der Waals surface area contributed by atoms with Gasteiger partial charge in [0.1, 0.15) is 5.57 Å². The summed E-state index contributed by atoms with van der Waals surface area (Å²) in [6.07, 6.45) is -0.765. The number of esters is 1. The van der Waals surface area contributed by atoms with Crippen LogP contribution in [0.3, 0.4) is 0 Å². The lowest BCUT2D eigenvalue weighted by atomic mass is 10.0. The molecule has 0 aliphatic carbocycles. The number of benzene rings is 2. The van der Waals surface area contributed by atoms with Crippen LogP contribution >= 0.6 is 0 Å². The van der Waals surface area contributed by atoms with Crippen molar-refractivity contribution in [1.29, 1.82) is 0 Å². The molecule has 0 spiro atoms. The van der Waals surface area contributed by atoms with Crippen molar-refractivity contribution < 1.29 is 14.6 Å². The Bertz CT molecular complexity index is 850. The highest BCUT2D eigenvalue weighted by molar-refractivity contribution is 6.21. The second-order valence-corrected chi connectivity index (χ2v) is 5.92. The fourth-order valence-corrected chi connectivity index (χ4v) is 2.69. The van der Waals surface area contributed by atoms with E-state index in [0.29, 0.717) is 5.71 Å². The molecular formula is C20H19NO3. The number of rotatable bonds is 3. The second-order valence-electron chi connectivity index (χ2n) is 5.92. The quantitative estimate of drug-likeness (QED) is 0.668. The van der Waals surface area contributed by atoms with Crippen molar-refractivity contribution in [3.8, 4) is 0 Å². The van der Waals surface area contributed by atoms with Crippen LogP contribution < -0.4 is 0 Å². The first-order valence-corrected chi connectivity index (χ1v) is 7.79. The number of ether oxygens (including phenoxy) is 1. The van der Waals surface area contributed by atoms with Crippen LogP contribution in [-0.4, -0.2) is 16.8 Å². The van der Waals surface area contributed by atoms with Gasteiger partial charge in [-0.15, -0.1) is 0 Å². The van der Waals surface area contributed by atoms with Crippen molar-refractivity contribution in [2.75, 3.05) is 0 Å². The first kappa shape index (κ1) is 16.0. The summed E-state index contributed by atoms with van der Waals surface area (Å²) in [5, 5.41) is 10.5. The summed E-state index contributed by atoms with van der Waals surface area (Å²) in [6, 6.07) is 15.0. The number of aryl methyl sites for hydroxylation is 2. The Morgan fingerprint density at radius 2 is 1.79 bits per heavy atom. The van der Waals surface area contributed by atoms with Gasteiger partial charge >= 0.3 is 5.97 Å². The summed E-state index contributed by atoms with van der Waals surface area (Å²) in [6.45, 7) is 5.74. The normalized spacial score (nSPS) is 18.0. The lowest BCUT2D eigenvalue weighted by Gasteiger charge is -2.09. The Kier molecular flexibility index (Phi) is 4.21. The first-order valence-electron chi connectivity index (χ1n) is 7.79. The second kappa shape index (κ2) is 6.32. The predicted molar refractivity (Wildman–Crippen MR) is 93.6 cm³/mol. The third kappa shape index (κ3) is 2.95. The maximum absolute atomic E-state index is 12.2. The number of hydrogen-bond donors (Lipinski definition) is 1. The van der Waals surface area contributed by atoms with Gasteiger partial charge in [-0.3, -0.25) is 4.99 Å². The minimum absolute atomic E-state index is 0.0868. The highest BCUT2D eigenvalue weighted by Crippen LogP contribution is 2.34. The number of aliphatic imine (C=N–C) groups is 1. The van der Waals surface area contributed by atoms with Gasteiger partial charge in [-0.2, -0.15) is 0 Å². The van der Waals surface area contributed by atoms with E-state index in [1.807, 2.05) is 62.4 Å². The molecule has 4 nitrogen and oxygen atoms in total. The van der Waals surface area contributed by atoms with E-state index in [4.69, 9.17) is 4.74 Å². The fourth-order valence-electron chi connectivity index (χ4n) is 2.69. The molecule has 0 saturated carbocycles. The fraction of sp³-hybridized carbons (Fsp3) is 0.200. The Morgan fingerprint density at radius 1 is 1.08 bits per heavy atom. The van der Waals surface area contributed by atoms with Gasteiger partial charge in [-0.05, 0) is 44.0 Å². The Labute approximate surface area is 141 Å². The highest BCUT2D eigenvalue weighted by atomic mass is 16.6. The van der Waals surface area contributed by atoms with Crippen LogP contribution in [0, 0.1) is 13.8 Å². The van der Waals surface area contributed by atoms with E-state index in [2.05, 4.69) is 4.99 Å². The summed E-state index contributed by atoms with van der Waals surface area (Å²) < 4.78 is 5.33. The van der Waals surface area contributed by atoms with Gasteiger partial charge in [0.2, 0.25) is 0 Å². The summed E-state index contributed by atoms with van der Waals surface area (Å²) in [5.74, 6) is -0.636. The van der Waals surface area contributed by atoms with E-state index >= 15 is 0 Å². The van der Waals surface area contributed by atoms with Gasteiger partial charge in [0.25, 0.3) is 0 Å². The largest absolute Gasteiger partial charge is 0.507 e. The molecule has 24 heavy (non-hydrogen) atoms. The Balaban J connectivity index is 1.97. The molecule has 0 bridgehead atoms. The summed E-state index contributed by atoms with van der Waals surface area (Å²) in [4.78, 5) is 16.7. The lowest BCUT2D eigenvalue weighted by molar-refractivity contribution is -0.140. The van der Waals surface area contributed by atoms with Crippen molar-refractivity contribution >= 4 is 17.4 Å². The molecule has 0 aromatic heterocycles. The molecule has 1 heterocycles. The van der Waals surface area contributed by atoms with Gasteiger partial charge in [0.15, 0.2) is 11.9 Å². The Hall–Kier alpha value is -2.88. The van der Waals surface area contributed by atoms with E-state index < -0.39 is 12.1 Å². The smallest absolute Gasteiger partial charge is 0.344 e. The molecule has 0 unspecified atom stereocenters. The molecule has 4 heteroatoms. The Morgan fingerprint density at radius 3 is 2.46 bits per heavy atom. The number of aliphatic hydroxyl groups excluding tert-OH is 1. The summed E-state index contributed by atoms with van der Waals surface area (Å²) in [5.41, 5.74) is 4.36. The average molecular weight is 321 g/mol. The molecule has 1 aliphatic rings. The molecule has 0 radical (unpaired) electrons. The van der Waals surface area contributed by atoms with Crippen molar-refractivity contribution in [1.82, 2.24) is 0 Å². The van der Waals surface area contributed by atoms with Crippen molar-refractivity contribution in [2.45, 2.75) is 26.9 Å². The molecule has 0 amide bonds. The monoisotopic (exact) mass is 321 g/mol. The zero-order chi connectivity index (χ0) is 17.3. The lowest BCUT2D eigenvalue weighted by Crippen LogP contribution is -2.07. The predicted octanol–water partition coefficient (Wildman–Crippen LogP) is 4.51. The average Bonchev–Trinajstić information content (AvgIpc) is 2.86. The molecule has 1 N–H and O–H groups in total. The third-order valence-electron chi connectivity index (χ3n) is 4.18.